The Labute approximate surface area is 338 Å². The van der Waals surface area contributed by atoms with E-state index in [4.69, 9.17) is 19.8 Å². The van der Waals surface area contributed by atoms with Gasteiger partial charge in [-0.2, -0.15) is 0 Å². The molecule has 4 nitrogen and oxygen atoms in total. The summed E-state index contributed by atoms with van der Waals surface area (Å²) in [5.74, 6) is -2.17. The van der Waals surface area contributed by atoms with E-state index in [0.717, 1.165) is 13.8 Å². The molecular weight excluding hydrogens is 809 g/mol. The molecule has 0 aliphatic carbocycles. The van der Waals surface area contributed by atoms with Crippen LogP contribution in [-0.2, 0) is 30.0 Å². The molecule has 0 spiro atoms. The Morgan fingerprint density at radius 3 is 0.873 bits per heavy atom. The van der Waals surface area contributed by atoms with Crippen LogP contribution in [0.4, 0.5) is 0 Å². The first-order valence-corrected chi connectivity index (χ1v) is 20.2. The number of fused-ring (bicyclic) bond motifs is 2. The summed E-state index contributed by atoms with van der Waals surface area (Å²) in [6.07, 6.45) is 0. The van der Waals surface area contributed by atoms with Gasteiger partial charge in [0.05, 0.1) is 0 Å². The normalized spacial score (nSPS) is 10.5. The Balaban J connectivity index is 0.000000591. The van der Waals surface area contributed by atoms with Crippen molar-refractivity contribution in [2.75, 3.05) is 0 Å². The first-order valence-electron chi connectivity index (χ1n) is 17.5. The van der Waals surface area contributed by atoms with Crippen molar-refractivity contribution in [2.45, 2.75) is 13.8 Å². The molecule has 0 radical (unpaired) electrons. The van der Waals surface area contributed by atoms with E-state index in [1.807, 2.05) is 0 Å². The monoisotopic (exact) mass is 846 g/mol. The summed E-state index contributed by atoms with van der Waals surface area (Å²) in [5, 5.41) is 31.1. The van der Waals surface area contributed by atoms with Crippen molar-refractivity contribution in [1.82, 2.24) is 0 Å². The van der Waals surface area contributed by atoms with Crippen molar-refractivity contribution in [2.24, 2.45) is 0 Å². The van der Waals surface area contributed by atoms with Gasteiger partial charge in [0.2, 0.25) is 0 Å². The quantitative estimate of drug-likeness (QED) is 0.133. The van der Waals surface area contributed by atoms with E-state index in [2.05, 4.69) is 194 Å². The Kier molecular flexibility index (Phi) is 14.8. The van der Waals surface area contributed by atoms with Gasteiger partial charge in [0, 0.05) is 11.9 Å². The molecule has 0 aliphatic rings. The van der Waals surface area contributed by atoms with Crippen molar-refractivity contribution in [3.05, 3.63) is 194 Å². The predicted octanol–water partition coefficient (Wildman–Crippen LogP) is 6.69. The van der Waals surface area contributed by atoms with Gasteiger partial charge in [-0.25, -0.2) is 0 Å². The van der Waals surface area contributed by atoms with Crippen LogP contribution in [0.1, 0.15) is 13.8 Å². The van der Waals surface area contributed by atoms with Gasteiger partial charge < -0.3 is 19.8 Å². The molecule has 0 N–H and O–H groups in total. The number of carboxylic acid groups (broad SMARTS) is 2. The van der Waals surface area contributed by atoms with Crippen molar-refractivity contribution in [3.8, 4) is 11.1 Å². The minimum Gasteiger partial charge on any atom is -0.550 e. The second-order valence-electron chi connectivity index (χ2n) is 12.4. The Morgan fingerprint density at radius 2 is 0.600 bits per heavy atom. The van der Waals surface area contributed by atoms with Crippen LogP contribution in [0.25, 0.3) is 32.7 Å². The molecule has 8 aromatic rings. The first-order chi connectivity index (χ1) is 26.3. The molecule has 0 aliphatic heterocycles. The van der Waals surface area contributed by atoms with E-state index in [0.29, 0.717) is 0 Å². The maximum atomic E-state index is 8.89. The number of hydrogen-bond donors (Lipinski definition) is 0. The maximum Gasteiger partial charge on any atom is 2.00 e. The molecule has 0 unspecified atom stereocenters. The fourth-order valence-corrected chi connectivity index (χ4v) is 11.5. The molecule has 0 bridgehead atoms. The molecule has 274 valence electrons. The zero-order valence-corrected chi connectivity index (χ0v) is 33.7. The Bertz CT molecular complexity index is 2220. The Hall–Kier alpha value is -5.26. The molecule has 7 heteroatoms. The van der Waals surface area contributed by atoms with E-state index in [1.54, 1.807) is 0 Å². The largest absolute Gasteiger partial charge is 2.00 e. The summed E-state index contributed by atoms with van der Waals surface area (Å²) in [5.41, 5.74) is 2.70. The van der Waals surface area contributed by atoms with Gasteiger partial charge in [0.1, 0.15) is 0 Å². The van der Waals surface area contributed by atoms with Crippen LogP contribution in [-0.4, -0.2) is 11.9 Å². The van der Waals surface area contributed by atoms with Crippen molar-refractivity contribution in [1.29, 1.82) is 0 Å². The van der Waals surface area contributed by atoms with Crippen LogP contribution in [0.15, 0.2) is 194 Å². The first kappa shape index (κ1) is 40.9. The number of carboxylic acids is 2. The van der Waals surface area contributed by atoms with E-state index in [9.17, 15) is 0 Å². The van der Waals surface area contributed by atoms with Crippen LogP contribution in [0, 0.1) is 0 Å². The van der Waals surface area contributed by atoms with Gasteiger partial charge in [-0.05, 0) is 94.2 Å². The minimum atomic E-state index is -1.08. The van der Waals surface area contributed by atoms with Gasteiger partial charge in [-0.1, -0.05) is 194 Å². The van der Waals surface area contributed by atoms with E-state index < -0.39 is 27.8 Å². The van der Waals surface area contributed by atoms with Crippen LogP contribution in [0.5, 0.6) is 0 Å². The predicted molar refractivity (Wildman–Crippen MR) is 226 cm³/mol. The third-order valence-electron chi connectivity index (χ3n) is 8.60. The second-order valence-corrected chi connectivity index (χ2v) is 16.7. The van der Waals surface area contributed by atoms with Crippen molar-refractivity contribution in [3.63, 3.8) is 0 Å². The van der Waals surface area contributed by atoms with Gasteiger partial charge in [-0.15, -0.1) is 0 Å². The summed E-state index contributed by atoms with van der Waals surface area (Å²) in [6, 6.07) is 71.8. The van der Waals surface area contributed by atoms with Gasteiger partial charge in [0.15, 0.2) is 0 Å². The Morgan fingerprint density at radius 1 is 0.364 bits per heavy atom. The number of carbonyl (C=O) groups excluding carboxylic acids is 2. The minimum absolute atomic E-state index is 0. The fourth-order valence-electron chi connectivity index (χ4n) is 6.58. The van der Waals surface area contributed by atoms with Gasteiger partial charge in [0.25, 0.3) is 0 Å². The molecule has 0 fully saturated rings. The molecule has 8 rings (SSSR count). The molecular formula is C48H38O4P2Pd. The molecule has 0 saturated heterocycles. The van der Waals surface area contributed by atoms with Crippen molar-refractivity contribution < 1.29 is 40.2 Å². The number of carbonyl (C=O) groups is 2. The van der Waals surface area contributed by atoms with Gasteiger partial charge in [-0.3, -0.25) is 0 Å². The van der Waals surface area contributed by atoms with Crippen LogP contribution < -0.4 is 42.0 Å². The average Bonchev–Trinajstić information content (AvgIpc) is 3.19. The summed E-state index contributed by atoms with van der Waals surface area (Å²) in [4.78, 5) is 17.8. The van der Waals surface area contributed by atoms with Crippen LogP contribution >= 0.6 is 15.8 Å². The molecule has 55 heavy (non-hydrogen) atoms. The molecule has 8 aromatic carbocycles. The molecule has 0 heterocycles. The number of aliphatic carboxylic acids is 2. The van der Waals surface area contributed by atoms with E-state index in [-0.39, 0.29) is 20.4 Å². The number of benzene rings is 8. The van der Waals surface area contributed by atoms with Gasteiger partial charge >= 0.3 is 20.4 Å². The number of hydrogen-bond acceptors (Lipinski definition) is 4. The van der Waals surface area contributed by atoms with Crippen molar-refractivity contribution >= 4 is 81.2 Å². The fraction of sp³-hybridized carbons (Fsp3) is 0.0417. The molecule has 0 aromatic heterocycles. The summed E-state index contributed by atoms with van der Waals surface area (Å²) in [6.45, 7) is 1.94. The molecule has 0 atom stereocenters. The topological polar surface area (TPSA) is 80.3 Å². The summed E-state index contributed by atoms with van der Waals surface area (Å²) in [7, 11) is -1.70. The summed E-state index contributed by atoms with van der Waals surface area (Å²) >= 11 is 0. The maximum absolute atomic E-state index is 8.89. The second kappa shape index (κ2) is 19.9. The van der Waals surface area contributed by atoms with Crippen LogP contribution in [0.3, 0.4) is 0 Å². The zero-order valence-electron chi connectivity index (χ0n) is 30.3. The van der Waals surface area contributed by atoms with E-state index >= 15 is 0 Å². The zero-order chi connectivity index (χ0) is 37.9. The number of rotatable bonds is 7. The summed E-state index contributed by atoms with van der Waals surface area (Å²) < 4.78 is 0. The molecule has 0 saturated carbocycles. The third kappa shape index (κ3) is 10.1. The average molecular weight is 847 g/mol. The third-order valence-corrected chi connectivity index (χ3v) is 13.6. The van der Waals surface area contributed by atoms with Crippen LogP contribution in [0.2, 0.25) is 0 Å². The van der Waals surface area contributed by atoms with E-state index in [1.165, 1.54) is 64.5 Å². The standard InChI is InChI=1S/C44H32P2.2C2H4O2.Pd/c1-5-19-35(20-6-1)45(36-21-7-2-8-22-36)41-31-29-33-17-13-15-27-39(33)43(41)44-40-28-16-14-18-34(40)30-32-42(44)46(37-23-9-3-10-24-37)38-25-11-4-12-26-38;2*1-2(3)4;/h1-32H;2*1H3,(H,3,4);/q;;;+2/p-2. The molecule has 0 amide bonds. The SMILES string of the molecule is CC(=O)[O-].CC(=O)[O-].[Pd+2].c1ccc(P(c2ccccc2)c2ccc3ccccc3c2-c2c(P(c3ccccc3)c3ccccc3)ccc3ccccc23)cc1. The smallest absolute Gasteiger partial charge is 0.550 e.